The van der Waals surface area contributed by atoms with Crippen LogP contribution in [-0.2, 0) is 0 Å². The van der Waals surface area contributed by atoms with Gasteiger partial charge in [0.15, 0.2) is 17.5 Å². The van der Waals surface area contributed by atoms with Crippen LogP contribution < -0.4 is 33.6 Å². The number of hydrogen-bond donors (Lipinski definition) is 8. The lowest BCUT2D eigenvalue weighted by Gasteiger charge is -2.07. The molecule has 0 spiro atoms. The molecule has 44 heavy (non-hydrogen) atoms. The van der Waals surface area contributed by atoms with Crippen LogP contribution in [0.2, 0.25) is 0 Å². The van der Waals surface area contributed by atoms with Crippen molar-refractivity contribution in [1.82, 2.24) is 9.97 Å². The molecule has 0 radical (unpaired) electrons. The third kappa shape index (κ3) is 3.45. The Morgan fingerprint density at radius 1 is 0.477 bits per heavy atom. The summed E-state index contributed by atoms with van der Waals surface area (Å²) in [4.78, 5) is 26.7. The summed E-state index contributed by atoms with van der Waals surface area (Å²) in [5.74, 6) is 4.69. The van der Waals surface area contributed by atoms with E-state index in [0.29, 0.717) is 57.5 Å². The highest BCUT2D eigenvalue weighted by Crippen LogP contribution is 2.40. The third-order valence-electron chi connectivity index (χ3n) is 8.10. The minimum Gasteiger partial charge on any atom is -0.399 e. The lowest BCUT2D eigenvalue weighted by atomic mass is 10.1. The number of benzene rings is 4. The van der Waals surface area contributed by atoms with Gasteiger partial charge in [0, 0.05) is 61.0 Å². The Balaban J connectivity index is 1.36. The number of anilines is 7. The summed E-state index contributed by atoms with van der Waals surface area (Å²) in [6, 6.07) is 22.7. The maximum absolute atomic E-state index is 6.50. The van der Waals surface area contributed by atoms with Crippen molar-refractivity contribution in [3.8, 4) is 0 Å². The van der Waals surface area contributed by atoms with E-state index in [-0.39, 0.29) is 0 Å². The van der Waals surface area contributed by atoms with Crippen LogP contribution in [0.1, 0.15) is 22.3 Å². The largest absolute Gasteiger partial charge is 0.399 e. The molecular formula is C32H24N12. The summed E-state index contributed by atoms with van der Waals surface area (Å²) >= 11 is 0. The van der Waals surface area contributed by atoms with Gasteiger partial charge in [0.25, 0.3) is 0 Å². The Morgan fingerprint density at radius 2 is 1.14 bits per heavy atom. The van der Waals surface area contributed by atoms with E-state index in [1.807, 2.05) is 72.8 Å². The molecule has 4 aromatic carbocycles. The van der Waals surface area contributed by atoms with Crippen LogP contribution in [0.5, 0.6) is 0 Å². The second-order valence-corrected chi connectivity index (χ2v) is 10.9. The smallest absolute Gasteiger partial charge is 0.166 e. The van der Waals surface area contributed by atoms with E-state index in [1.165, 1.54) is 0 Å². The quantitative estimate of drug-likeness (QED) is 0.114. The number of nitrogens with one attached hydrogen (secondary N) is 4. The van der Waals surface area contributed by atoms with Crippen molar-refractivity contribution in [3.05, 3.63) is 95.1 Å². The molecule has 5 heterocycles. The summed E-state index contributed by atoms with van der Waals surface area (Å²) in [5, 5.41) is 10.6. The molecule has 6 aromatic rings. The SMILES string of the molecule is Nc1ccc2c(c1)C1=NC3=NC(=Nc4[nH]c(c5ccc(N)cc45)Nc4[nH]c(c5ccc(N)cc45)NC2=N1)c1cccc(N)c13. The van der Waals surface area contributed by atoms with Crippen LogP contribution in [0.25, 0.3) is 21.5 Å². The van der Waals surface area contributed by atoms with Crippen LogP contribution in [0.3, 0.4) is 0 Å². The van der Waals surface area contributed by atoms with Gasteiger partial charge in [-0.05, 0) is 60.7 Å². The van der Waals surface area contributed by atoms with E-state index < -0.39 is 0 Å². The van der Waals surface area contributed by atoms with Gasteiger partial charge in [-0.1, -0.05) is 12.1 Å². The lowest BCUT2D eigenvalue weighted by Crippen LogP contribution is -2.12. The van der Waals surface area contributed by atoms with Gasteiger partial charge in [0.05, 0.1) is 5.56 Å². The highest BCUT2D eigenvalue weighted by Gasteiger charge is 2.29. The van der Waals surface area contributed by atoms with Crippen molar-refractivity contribution in [1.29, 1.82) is 0 Å². The number of aliphatic imine (C=N–C) groups is 4. The van der Waals surface area contributed by atoms with Crippen molar-refractivity contribution in [3.63, 3.8) is 0 Å². The number of fused-ring (bicyclic) bond motifs is 18. The first kappa shape index (κ1) is 24.1. The van der Waals surface area contributed by atoms with E-state index in [9.17, 15) is 0 Å². The van der Waals surface area contributed by atoms with Crippen molar-refractivity contribution >= 4 is 90.9 Å². The Labute approximate surface area is 249 Å². The monoisotopic (exact) mass is 576 g/mol. The summed E-state index contributed by atoms with van der Waals surface area (Å²) in [6.45, 7) is 0. The predicted octanol–water partition coefficient (Wildman–Crippen LogP) is 5.19. The Hall–Kier alpha value is -6.56. The normalized spacial score (nSPS) is 14.7. The van der Waals surface area contributed by atoms with Gasteiger partial charge < -0.3 is 43.5 Å². The highest BCUT2D eigenvalue weighted by molar-refractivity contribution is 6.32. The van der Waals surface area contributed by atoms with Gasteiger partial charge in [-0.3, -0.25) is 0 Å². The molecule has 0 unspecified atom stereocenters. The second-order valence-electron chi connectivity index (χ2n) is 10.9. The minimum atomic E-state index is 0.411. The molecule has 0 aliphatic carbocycles. The molecular weight excluding hydrogens is 552 g/mol. The molecule has 0 atom stereocenters. The number of aromatic nitrogens is 2. The van der Waals surface area contributed by atoms with E-state index in [0.717, 1.165) is 55.7 Å². The zero-order valence-corrected chi connectivity index (χ0v) is 23.0. The summed E-state index contributed by atoms with van der Waals surface area (Å²) < 4.78 is 0. The van der Waals surface area contributed by atoms with E-state index in [1.54, 1.807) is 0 Å². The predicted molar refractivity (Wildman–Crippen MR) is 180 cm³/mol. The number of rotatable bonds is 0. The van der Waals surface area contributed by atoms with Gasteiger partial charge in [-0.15, -0.1) is 0 Å². The number of H-pyrrole nitrogens is 2. The number of nitrogens with zero attached hydrogens (tertiary/aromatic N) is 4. The molecule has 2 aromatic heterocycles. The zero-order valence-electron chi connectivity index (χ0n) is 23.0. The molecule has 9 rings (SSSR count). The number of amidine groups is 4. The van der Waals surface area contributed by atoms with E-state index in [2.05, 4.69) is 20.6 Å². The highest BCUT2D eigenvalue weighted by atomic mass is 15.2. The average molecular weight is 577 g/mol. The van der Waals surface area contributed by atoms with Crippen molar-refractivity contribution in [2.45, 2.75) is 0 Å². The van der Waals surface area contributed by atoms with Crippen LogP contribution in [-0.4, -0.2) is 33.3 Å². The molecule has 0 saturated carbocycles. The second kappa shape index (κ2) is 8.49. The minimum absolute atomic E-state index is 0.411. The molecule has 0 saturated heterocycles. The molecule has 12 heteroatoms. The van der Waals surface area contributed by atoms with Gasteiger partial charge in [0.2, 0.25) is 0 Å². The van der Waals surface area contributed by atoms with Crippen LogP contribution in [0, 0.1) is 0 Å². The summed E-state index contributed by atoms with van der Waals surface area (Å²) in [5.41, 5.74) is 30.6. The first-order chi connectivity index (χ1) is 21.4. The van der Waals surface area contributed by atoms with Gasteiger partial charge >= 0.3 is 0 Å². The molecule has 8 bridgehead atoms. The maximum Gasteiger partial charge on any atom is 0.166 e. The Morgan fingerprint density at radius 3 is 1.98 bits per heavy atom. The number of aromatic amines is 2. The molecule has 0 fully saturated rings. The lowest BCUT2D eigenvalue weighted by molar-refractivity contribution is 1.30. The van der Waals surface area contributed by atoms with Crippen molar-refractivity contribution < 1.29 is 0 Å². The molecule has 212 valence electrons. The van der Waals surface area contributed by atoms with Crippen molar-refractivity contribution in [2.24, 2.45) is 20.0 Å². The first-order valence-electron chi connectivity index (χ1n) is 13.9. The number of nitrogens with two attached hydrogens (primary N) is 4. The molecule has 3 aliphatic rings. The molecule has 3 aliphatic heterocycles. The molecule has 0 amide bonds. The Kier molecular flexibility index (Phi) is 4.64. The van der Waals surface area contributed by atoms with E-state index >= 15 is 0 Å². The van der Waals surface area contributed by atoms with Gasteiger partial charge in [-0.25, -0.2) is 20.0 Å². The Bertz CT molecular complexity index is 2380. The number of hydrogen-bond acceptors (Lipinski definition) is 10. The van der Waals surface area contributed by atoms with Gasteiger partial charge in [0.1, 0.15) is 29.1 Å². The molecule has 12 N–H and O–H groups in total. The third-order valence-corrected chi connectivity index (χ3v) is 8.10. The van der Waals surface area contributed by atoms with Crippen LogP contribution >= 0.6 is 0 Å². The van der Waals surface area contributed by atoms with Crippen molar-refractivity contribution in [2.75, 3.05) is 33.6 Å². The fourth-order valence-electron chi connectivity index (χ4n) is 6.06. The average Bonchev–Trinajstić information content (AvgIpc) is 3.72. The first-order valence-corrected chi connectivity index (χ1v) is 13.9. The summed E-state index contributed by atoms with van der Waals surface area (Å²) in [6.07, 6.45) is 0. The van der Waals surface area contributed by atoms with Gasteiger partial charge in [-0.2, -0.15) is 0 Å². The fraction of sp³-hybridized carbons (Fsp3) is 0. The van der Waals surface area contributed by atoms with E-state index in [4.69, 9.17) is 42.9 Å². The fourth-order valence-corrected chi connectivity index (χ4v) is 6.06. The molecule has 12 nitrogen and oxygen atoms in total. The maximum atomic E-state index is 6.50. The van der Waals surface area contributed by atoms with Crippen LogP contribution in [0.4, 0.5) is 46.0 Å². The zero-order chi connectivity index (χ0) is 29.7. The van der Waals surface area contributed by atoms with Crippen LogP contribution in [0.15, 0.2) is 92.8 Å². The standard InChI is InChI=1S/C32H24N12/c33-13-4-7-16-20(10-13)29-38-25(16)37-26-18-9-6-15(35)12-22(18)31(41-26)44-32-24-19(2-1-3-23(24)36)28(43-32)42-30-21-11-14(34)5-8-17(21)27(39-29)40-30/h1-12,38-40H,33-36H2,(H,37,41,42,43,44). The topological polar surface area (TPSA) is 209 Å². The summed E-state index contributed by atoms with van der Waals surface area (Å²) in [7, 11) is 0. The number of nitrogen functional groups attached to an aromatic ring is 4.